The van der Waals surface area contributed by atoms with Crippen LogP contribution >= 0.6 is 0 Å². The quantitative estimate of drug-likeness (QED) is 0.162. The highest BCUT2D eigenvalue weighted by atomic mass is 14.3. The molecular formula is C54H36. The highest BCUT2D eigenvalue weighted by Gasteiger charge is 2.22. The van der Waals surface area contributed by atoms with Crippen LogP contribution in [-0.2, 0) is 6.42 Å². The number of fused-ring (bicyclic) bond motifs is 6. The fourth-order valence-corrected chi connectivity index (χ4v) is 9.35. The van der Waals surface area contributed by atoms with Crippen LogP contribution in [0.2, 0.25) is 0 Å². The van der Waals surface area contributed by atoms with E-state index in [1.807, 2.05) is 0 Å². The van der Waals surface area contributed by atoms with Crippen LogP contribution in [0.15, 0.2) is 194 Å². The zero-order valence-electron chi connectivity index (χ0n) is 29.9. The van der Waals surface area contributed by atoms with E-state index in [9.17, 15) is 0 Å². The molecule has 0 saturated heterocycles. The minimum atomic E-state index is 1.06. The maximum atomic E-state index is 2.46. The van der Waals surface area contributed by atoms with E-state index in [1.54, 1.807) is 0 Å². The van der Waals surface area contributed by atoms with E-state index in [0.717, 1.165) is 12.8 Å². The molecule has 0 aliphatic heterocycles. The maximum absolute atomic E-state index is 2.46. The third kappa shape index (κ3) is 4.77. The van der Waals surface area contributed by atoms with Gasteiger partial charge >= 0.3 is 0 Å². The number of rotatable bonds is 4. The van der Waals surface area contributed by atoms with Crippen LogP contribution in [-0.4, -0.2) is 0 Å². The molecule has 10 aromatic carbocycles. The highest BCUT2D eigenvalue weighted by molar-refractivity contribution is 6.23. The van der Waals surface area contributed by atoms with Crippen LogP contribution in [0.1, 0.15) is 23.1 Å². The Morgan fingerprint density at radius 1 is 0.296 bits per heavy atom. The molecule has 10 aromatic rings. The standard InChI is InChI=1S/C54H36/c1-2-16-39-34-40(33-28-35(39)14-1)53-45-21-7-5-19-43(45)51(44-20-6-8-22-46(44)53)37-29-31-38(32-30-37)52-47-23-9-11-25-49(47)54(50-26-12-10-24-48(50)52)42-27-13-17-36-15-3-4-18-41(36)42/h1-12,14-16,18-34H,13,17H2. The van der Waals surface area contributed by atoms with Crippen molar-refractivity contribution in [2.45, 2.75) is 12.8 Å². The van der Waals surface area contributed by atoms with Crippen molar-refractivity contribution in [2.75, 3.05) is 0 Å². The Morgan fingerprint density at radius 2 is 0.685 bits per heavy atom. The highest BCUT2D eigenvalue weighted by Crippen LogP contribution is 2.47. The zero-order chi connectivity index (χ0) is 35.6. The van der Waals surface area contributed by atoms with E-state index in [0.29, 0.717) is 0 Å². The molecule has 0 spiro atoms. The van der Waals surface area contributed by atoms with Gasteiger partial charge in [0.2, 0.25) is 0 Å². The molecule has 11 rings (SSSR count). The summed E-state index contributed by atoms with van der Waals surface area (Å²) in [5, 5.41) is 12.8. The monoisotopic (exact) mass is 684 g/mol. The van der Waals surface area contributed by atoms with Gasteiger partial charge in [0.15, 0.2) is 0 Å². The zero-order valence-corrected chi connectivity index (χ0v) is 29.9. The van der Waals surface area contributed by atoms with Crippen molar-refractivity contribution in [3.05, 3.63) is 211 Å². The number of hydrogen-bond donors (Lipinski definition) is 0. The fraction of sp³-hybridized carbons (Fsp3) is 0.0370. The Hall–Kier alpha value is -6.76. The average molecular weight is 685 g/mol. The Kier molecular flexibility index (Phi) is 7.10. The van der Waals surface area contributed by atoms with Crippen LogP contribution < -0.4 is 0 Å². The van der Waals surface area contributed by atoms with E-state index in [4.69, 9.17) is 0 Å². The predicted molar refractivity (Wildman–Crippen MR) is 232 cm³/mol. The molecule has 0 heterocycles. The lowest BCUT2D eigenvalue weighted by molar-refractivity contribution is 0.978. The summed E-state index contributed by atoms with van der Waals surface area (Å²) in [5.74, 6) is 0. The summed E-state index contributed by atoms with van der Waals surface area (Å²) in [6.45, 7) is 0. The number of allylic oxidation sites excluding steroid dienone is 1. The van der Waals surface area contributed by atoms with Gasteiger partial charge in [-0.25, -0.2) is 0 Å². The SMILES string of the molecule is C1=C(c2c3ccccc3c(-c3ccc(-c4c5ccccc5c(-c5ccc6ccccc6c5)c5ccccc45)cc3)c3ccccc23)c2ccccc2CC1. The van der Waals surface area contributed by atoms with Crippen LogP contribution in [0.5, 0.6) is 0 Å². The maximum Gasteiger partial charge on any atom is -0.00235 e. The summed E-state index contributed by atoms with van der Waals surface area (Å²) in [7, 11) is 0. The van der Waals surface area contributed by atoms with Gasteiger partial charge < -0.3 is 0 Å². The van der Waals surface area contributed by atoms with Gasteiger partial charge in [0.05, 0.1) is 0 Å². The van der Waals surface area contributed by atoms with E-state index in [1.165, 1.54) is 110 Å². The van der Waals surface area contributed by atoms with Crippen LogP contribution in [0, 0.1) is 0 Å². The first-order chi connectivity index (χ1) is 26.8. The van der Waals surface area contributed by atoms with Gasteiger partial charge in [-0.05, 0) is 128 Å². The molecule has 1 aliphatic rings. The fourth-order valence-electron chi connectivity index (χ4n) is 9.35. The van der Waals surface area contributed by atoms with E-state index in [-0.39, 0.29) is 0 Å². The summed E-state index contributed by atoms with van der Waals surface area (Å²) in [6, 6.07) is 69.8. The molecule has 1 aliphatic carbocycles. The summed E-state index contributed by atoms with van der Waals surface area (Å²) >= 11 is 0. The third-order valence-corrected chi connectivity index (χ3v) is 11.7. The van der Waals surface area contributed by atoms with Gasteiger partial charge in [-0.3, -0.25) is 0 Å². The van der Waals surface area contributed by atoms with Crippen molar-refractivity contribution >= 4 is 59.4 Å². The second-order valence-corrected chi connectivity index (χ2v) is 14.6. The molecule has 0 N–H and O–H groups in total. The van der Waals surface area contributed by atoms with E-state index >= 15 is 0 Å². The molecule has 54 heavy (non-hydrogen) atoms. The van der Waals surface area contributed by atoms with Crippen molar-refractivity contribution in [2.24, 2.45) is 0 Å². The number of hydrogen-bond acceptors (Lipinski definition) is 0. The van der Waals surface area contributed by atoms with Crippen LogP contribution in [0.25, 0.3) is 92.8 Å². The Morgan fingerprint density at radius 3 is 1.20 bits per heavy atom. The molecule has 0 radical (unpaired) electrons. The summed E-state index contributed by atoms with van der Waals surface area (Å²) < 4.78 is 0. The van der Waals surface area contributed by atoms with Crippen molar-refractivity contribution in [3.63, 3.8) is 0 Å². The molecule has 0 amide bonds. The third-order valence-electron chi connectivity index (χ3n) is 11.7. The topological polar surface area (TPSA) is 0 Å². The lowest BCUT2D eigenvalue weighted by Gasteiger charge is -2.23. The minimum absolute atomic E-state index is 1.06. The summed E-state index contributed by atoms with van der Waals surface area (Å²) in [6.07, 6.45) is 4.62. The molecule has 0 nitrogen and oxygen atoms in total. The Labute approximate surface area is 315 Å². The number of aryl methyl sites for hydroxylation is 1. The Bertz CT molecular complexity index is 3030. The second-order valence-electron chi connectivity index (χ2n) is 14.6. The van der Waals surface area contributed by atoms with Gasteiger partial charge in [-0.15, -0.1) is 0 Å². The largest absolute Gasteiger partial charge is 0.0757 e. The average Bonchev–Trinajstić information content (AvgIpc) is 3.24. The molecule has 0 aromatic heterocycles. The molecule has 0 atom stereocenters. The normalized spacial score (nSPS) is 12.8. The van der Waals surface area contributed by atoms with E-state index < -0.39 is 0 Å². The molecule has 0 unspecified atom stereocenters. The van der Waals surface area contributed by atoms with Gasteiger partial charge in [0.1, 0.15) is 0 Å². The lowest BCUT2D eigenvalue weighted by Crippen LogP contribution is -2.02. The van der Waals surface area contributed by atoms with Gasteiger partial charge in [0.25, 0.3) is 0 Å². The first kappa shape index (κ1) is 30.8. The smallest absolute Gasteiger partial charge is 0.00235 e. The predicted octanol–water partition coefficient (Wildman–Crippen LogP) is 14.8. The summed E-state index contributed by atoms with van der Waals surface area (Å²) in [5.41, 5.74) is 13.1. The Balaban J connectivity index is 1.11. The van der Waals surface area contributed by atoms with Crippen molar-refractivity contribution in [1.29, 1.82) is 0 Å². The van der Waals surface area contributed by atoms with Crippen LogP contribution in [0.3, 0.4) is 0 Å². The van der Waals surface area contributed by atoms with Crippen molar-refractivity contribution in [3.8, 4) is 33.4 Å². The molecule has 252 valence electrons. The van der Waals surface area contributed by atoms with Gasteiger partial charge in [-0.1, -0.05) is 188 Å². The van der Waals surface area contributed by atoms with Crippen LogP contribution in [0.4, 0.5) is 0 Å². The van der Waals surface area contributed by atoms with E-state index in [2.05, 4.69) is 194 Å². The lowest BCUT2D eigenvalue weighted by atomic mass is 9.80. The van der Waals surface area contributed by atoms with Crippen molar-refractivity contribution in [1.82, 2.24) is 0 Å². The minimum Gasteiger partial charge on any atom is -0.0757 e. The first-order valence-corrected chi connectivity index (χ1v) is 19.1. The molecule has 0 saturated carbocycles. The summed E-state index contributed by atoms with van der Waals surface area (Å²) in [4.78, 5) is 0. The van der Waals surface area contributed by atoms with Crippen molar-refractivity contribution < 1.29 is 0 Å². The molecule has 0 heteroatoms. The van der Waals surface area contributed by atoms with Gasteiger partial charge in [-0.2, -0.15) is 0 Å². The first-order valence-electron chi connectivity index (χ1n) is 19.1. The molecule has 0 fully saturated rings. The second kappa shape index (κ2) is 12.4. The number of benzene rings is 10. The molecular weight excluding hydrogens is 649 g/mol. The molecule has 0 bridgehead atoms. The van der Waals surface area contributed by atoms with Gasteiger partial charge in [0, 0.05) is 0 Å².